The molecule has 2 aromatic heterocycles. The predicted molar refractivity (Wildman–Crippen MR) is 69.5 cm³/mol. The Kier molecular flexibility index (Phi) is 4.77. The van der Waals surface area contributed by atoms with Crippen molar-refractivity contribution in [1.29, 1.82) is 0 Å². The van der Waals surface area contributed by atoms with Crippen molar-refractivity contribution < 1.29 is 17.6 Å². The second-order valence-electron chi connectivity index (χ2n) is 4.26. The molecule has 0 spiro atoms. The van der Waals surface area contributed by atoms with Gasteiger partial charge < -0.3 is 5.32 Å². The molecule has 8 heteroatoms. The number of nitrogens with one attached hydrogen (secondary N) is 1. The molecule has 4 nitrogen and oxygen atoms in total. The molecule has 0 aliphatic carbocycles. The fourth-order valence-corrected chi connectivity index (χ4v) is 1.57. The Morgan fingerprint density at radius 2 is 2.05 bits per heavy atom. The summed E-state index contributed by atoms with van der Waals surface area (Å²) in [5, 5.41) is 6.56. The van der Waals surface area contributed by atoms with E-state index >= 15 is 0 Å². The minimum Gasteiger partial charge on any atom is -0.379 e. The lowest BCUT2D eigenvalue weighted by atomic mass is 10.3. The Balaban J connectivity index is 2.00. The van der Waals surface area contributed by atoms with Gasteiger partial charge in [-0.2, -0.15) is 18.3 Å². The number of pyridine rings is 1. The Bertz CT molecular complexity index is 562. The molecule has 0 saturated carbocycles. The van der Waals surface area contributed by atoms with Crippen LogP contribution in [0.2, 0.25) is 0 Å². The molecule has 1 N–H and O–H groups in total. The average Bonchev–Trinajstić information content (AvgIpc) is 2.94. The van der Waals surface area contributed by atoms with Crippen LogP contribution in [0.25, 0.3) is 5.82 Å². The monoisotopic (exact) mass is 301 g/mol. The van der Waals surface area contributed by atoms with E-state index < -0.39 is 11.7 Å². The van der Waals surface area contributed by atoms with Crippen molar-refractivity contribution in [2.24, 2.45) is 0 Å². The van der Waals surface area contributed by atoms with Gasteiger partial charge in [0, 0.05) is 12.7 Å². The van der Waals surface area contributed by atoms with Crippen LogP contribution in [0.3, 0.4) is 0 Å². The van der Waals surface area contributed by atoms with E-state index in [1.165, 1.54) is 6.20 Å². The van der Waals surface area contributed by atoms with Crippen molar-refractivity contribution in [1.82, 2.24) is 14.8 Å². The summed E-state index contributed by atoms with van der Waals surface area (Å²) in [5.74, 6) is 0.278. The van der Waals surface area contributed by atoms with Crippen molar-refractivity contribution in [3.8, 4) is 5.82 Å². The van der Waals surface area contributed by atoms with Gasteiger partial charge in [0.15, 0.2) is 5.82 Å². The molecule has 0 aliphatic heterocycles. The smallest absolute Gasteiger partial charge is 0.379 e. The van der Waals surface area contributed by atoms with Crippen LogP contribution in [0.15, 0.2) is 30.7 Å². The lowest BCUT2D eigenvalue weighted by Crippen LogP contribution is -2.03. The fourth-order valence-electron chi connectivity index (χ4n) is 1.57. The third-order valence-electron chi connectivity index (χ3n) is 2.64. The quantitative estimate of drug-likeness (QED) is 0.654. The summed E-state index contributed by atoms with van der Waals surface area (Å²) in [6.07, 6.45) is -0.318. The normalized spacial score (nSPS) is 11.6. The minimum absolute atomic E-state index is 0.278. The fraction of sp³-hybridized carbons (Fsp3) is 0.308. The van der Waals surface area contributed by atoms with Crippen LogP contribution >= 0.6 is 0 Å². The zero-order chi connectivity index (χ0) is 15.3. The first kappa shape index (κ1) is 15.3. The van der Waals surface area contributed by atoms with E-state index in [2.05, 4.69) is 15.4 Å². The molecule has 2 heterocycles. The van der Waals surface area contributed by atoms with Crippen LogP contribution in [0.4, 0.5) is 23.2 Å². The summed E-state index contributed by atoms with van der Waals surface area (Å²) in [5.41, 5.74) is -0.160. The number of rotatable bonds is 6. The van der Waals surface area contributed by atoms with E-state index in [4.69, 9.17) is 0 Å². The van der Waals surface area contributed by atoms with Gasteiger partial charge in [-0.15, -0.1) is 0 Å². The number of unbranched alkanes of at least 4 members (excludes halogenated alkanes) is 1. The van der Waals surface area contributed by atoms with Gasteiger partial charge >= 0.3 is 6.18 Å². The van der Waals surface area contributed by atoms with Crippen LogP contribution < -0.4 is 5.32 Å². The highest BCUT2D eigenvalue weighted by molar-refractivity contribution is 5.44. The maximum atomic E-state index is 12.5. The number of alkyl halides is 4. The van der Waals surface area contributed by atoms with Crippen molar-refractivity contribution >= 4 is 5.69 Å². The molecule has 0 saturated heterocycles. The Labute approximate surface area is 118 Å². The molecule has 0 bridgehead atoms. The molecule has 0 aliphatic rings. The van der Waals surface area contributed by atoms with Crippen LogP contribution in [-0.4, -0.2) is 21.4 Å². The lowest BCUT2D eigenvalue weighted by molar-refractivity contribution is -0.137. The Morgan fingerprint density at radius 3 is 2.62 bits per heavy atom. The SMILES string of the molecule is FCCC[CH]Nc1ccc(-n2cc(C(F)(F)F)cn2)nc1. The van der Waals surface area contributed by atoms with Crippen LogP contribution in [0, 0.1) is 6.54 Å². The van der Waals surface area contributed by atoms with Gasteiger partial charge in [0.25, 0.3) is 0 Å². The molecule has 0 atom stereocenters. The number of anilines is 1. The summed E-state index contributed by atoms with van der Waals surface area (Å²) in [6, 6.07) is 3.20. The number of hydrogen-bond acceptors (Lipinski definition) is 3. The Hall–Kier alpha value is -2.12. The van der Waals surface area contributed by atoms with Gasteiger partial charge in [-0.25, -0.2) is 9.67 Å². The Morgan fingerprint density at radius 1 is 1.24 bits per heavy atom. The van der Waals surface area contributed by atoms with Gasteiger partial charge in [0.05, 0.1) is 30.3 Å². The van der Waals surface area contributed by atoms with E-state index in [0.29, 0.717) is 18.5 Å². The average molecular weight is 301 g/mol. The largest absolute Gasteiger partial charge is 0.419 e. The summed E-state index contributed by atoms with van der Waals surface area (Å²) >= 11 is 0. The third-order valence-corrected chi connectivity index (χ3v) is 2.64. The predicted octanol–water partition coefficient (Wildman–Crippen LogP) is 3.61. The van der Waals surface area contributed by atoms with Gasteiger partial charge in [-0.3, -0.25) is 4.39 Å². The highest BCUT2D eigenvalue weighted by Crippen LogP contribution is 2.28. The summed E-state index contributed by atoms with van der Waals surface area (Å²) in [4.78, 5) is 4.02. The van der Waals surface area contributed by atoms with E-state index in [1.807, 2.05) is 0 Å². The maximum Gasteiger partial charge on any atom is 0.419 e. The van der Waals surface area contributed by atoms with E-state index in [-0.39, 0.29) is 12.5 Å². The van der Waals surface area contributed by atoms with Gasteiger partial charge in [-0.1, -0.05) is 0 Å². The molecule has 113 valence electrons. The first-order valence-electron chi connectivity index (χ1n) is 6.23. The maximum absolute atomic E-state index is 12.5. The van der Waals surface area contributed by atoms with Gasteiger partial charge in [0.1, 0.15) is 0 Å². The second-order valence-corrected chi connectivity index (χ2v) is 4.26. The number of nitrogens with zero attached hydrogens (tertiary/aromatic N) is 3. The summed E-state index contributed by atoms with van der Waals surface area (Å²) in [6.45, 7) is 1.32. The molecule has 1 radical (unpaired) electrons. The van der Waals surface area contributed by atoms with Crippen LogP contribution in [0.5, 0.6) is 0 Å². The summed E-state index contributed by atoms with van der Waals surface area (Å²) in [7, 11) is 0. The van der Waals surface area contributed by atoms with Crippen molar-refractivity contribution in [3.63, 3.8) is 0 Å². The zero-order valence-corrected chi connectivity index (χ0v) is 10.9. The highest BCUT2D eigenvalue weighted by Gasteiger charge is 2.32. The molecular weight excluding hydrogens is 288 g/mol. The van der Waals surface area contributed by atoms with Crippen molar-refractivity contribution in [2.45, 2.75) is 19.0 Å². The first-order valence-corrected chi connectivity index (χ1v) is 6.23. The zero-order valence-electron chi connectivity index (χ0n) is 10.9. The molecule has 2 aromatic rings. The molecule has 0 aromatic carbocycles. The van der Waals surface area contributed by atoms with Crippen LogP contribution in [-0.2, 0) is 6.18 Å². The standard InChI is InChI=1S/C13H13F4N4/c14-5-1-2-6-18-11-3-4-12(19-8-11)21-9-10(7-20-21)13(15,16)17/h3-4,6-9,18H,1-2,5H2. The number of halogens is 4. The van der Waals surface area contributed by atoms with Crippen LogP contribution in [0.1, 0.15) is 18.4 Å². The first-order chi connectivity index (χ1) is 10.0. The van der Waals surface area contributed by atoms with Crippen molar-refractivity contribution in [3.05, 3.63) is 42.8 Å². The molecular formula is C13H13F4N4. The molecule has 21 heavy (non-hydrogen) atoms. The number of hydrogen-bond donors (Lipinski definition) is 1. The highest BCUT2D eigenvalue weighted by atomic mass is 19.4. The molecule has 0 fully saturated rings. The van der Waals surface area contributed by atoms with E-state index in [9.17, 15) is 17.6 Å². The third kappa shape index (κ3) is 4.17. The van der Waals surface area contributed by atoms with Gasteiger partial charge in [0.2, 0.25) is 0 Å². The summed E-state index contributed by atoms with van der Waals surface area (Å²) < 4.78 is 50.4. The molecule has 0 unspecified atom stereocenters. The van der Waals surface area contributed by atoms with E-state index in [0.717, 1.165) is 17.1 Å². The lowest BCUT2D eigenvalue weighted by Gasteiger charge is -2.06. The second kappa shape index (κ2) is 6.55. The van der Waals surface area contributed by atoms with Gasteiger partial charge in [-0.05, 0) is 25.0 Å². The van der Waals surface area contributed by atoms with Crippen molar-refractivity contribution in [2.75, 3.05) is 12.0 Å². The topological polar surface area (TPSA) is 42.7 Å². The van der Waals surface area contributed by atoms with E-state index in [1.54, 1.807) is 18.7 Å². The molecule has 2 rings (SSSR count). The number of aromatic nitrogens is 3. The minimum atomic E-state index is -4.43. The molecule has 0 amide bonds.